The summed E-state index contributed by atoms with van der Waals surface area (Å²) in [5.41, 5.74) is 6.35. The molecule has 1 aliphatic carbocycles. The van der Waals surface area contributed by atoms with Gasteiger partial charge in [0.05, 0.1) is 5.02 Å². The number of benzene rings is 1. The van der Waals surface area contributed by atoms with Gasteiger partial charge in [-0.15, -0.1) is 0 Å². The van der Waals surface area contributed by atoms with Crippen LogP contribution >= 0.6 is 11.6 Å². The van der Waals surface area contributed by atoms with E-state index in [1.165, 1.54) is 6.42 Å². The van der Waals surface area contributed by atoms with E-state index in [-0.39, 0.29) is 10.8 Å². The molecule has 0 amide bonds. The van der Waals surface area contributed by atoms with E-state index in [0.717, 1.165) is 18.4 Å². The van der Waals surface area contributed by atoms with Crippen molar-refractivity contribution >= 4 is 11.6 Å². The van der Waals surface area contributed by atoms with Crippen LogP contribution in [-0.2, 0) is 6.42 Å². The van der Waals surface area contributed by atoms with E-state index in [1.54, 1.807) is 12.1 Å². The monoisotopic (exact) mass is 227 g/mol. The molecule has 15 heavy (non-hydrogen) atoms. The Hall–Kier alpha value is -0.600. The third-order valence-corrected chi connectivity index (χ3v) is 3.68. The maximum atomic E-state index is 13.6. The van der Waals surface area contributed by atoms with Gasteiger partial charge >= 0.3 is 0 Å². The van der Waals surface area contributed by atoms with E-state index in [1.807, 2.05) is 6.07 Å². The molecule has 1 saturated carbocycles. The van der Waals surface area contributed by atoms with Crippen molar-refractivity contribution in [2.75, 3.05) is 6.54 Å². The van der Waals surface area contributed by atoms with Gasteiger partial charge in [-0.3, -0.25) is 0 Å². The molecule has 0 spiro atoms. The van der Waals surface area contributed by atoms with Gasteiger partial charge in [-0.1, -0.05) is 23.7 Å². The third kappa shape index (κ3) is 2.16. The summed E-state index contributed by atoms with van der Waals surface area (Å²) in [6, 6.07) is 5.20. The smallest absolute Gasteiger partial charge is 0.144 e. The molecule has 1 aliphatic rings. The second kappa shape index (κ2) is 4.50. The fourth-order valence-corrected chi connectivity index (χ4v) is 2.40. The second-order valence-electron chi connectivity index (χ2n) is 4.25. The zero-order valence-electron chi connectivity index (χ0n) is 8.55. The van der Waals surface area contributed by atoms with Gasteiger partial charge in [0.15, 0.2) is 0 Å². The molecule has 0 saturated heterocycles. The zero-order chi connectivity index (χ0) is 10.8. The topological polar surface area (TPSA) is 26.0 Å². The minimum atomic E-state index is -0.262. The van der Waals surface area contributed by atoms with Crippen LogP contribution in [0.15, 0.2) is 18.2 Å². The number of halogens is 2. The highest BCUT2D eigenvalue weighted by molar-refractivity contribution is 6.30. The van der Waals surface area contributed by atoms with E-state index in [2.05, 4.69) is 0 Å². The molecule has 82 valence electrons. The quantitative estimate of drug-likeness (QED) is 0.844. The molecule has 2 atom stereocenters. The molecule has 2 N–H and O–H groups in total. The van der Waals surface area contributed by atoms with Gasteiger partial charge in [0.2, 0.25) is 0 Å². The summed E-state index contributed by atoms with van der Waals surface area (Å²) >= 11 is 5.73. The van der Waals surface area contributed by atoms with Gasteiger partial charge < -0.3 is 5.73 Å². The fraction of sp³-hybridized carbons (Fsp3) is 0.500. The molecular formula is C12H15ClFN. The summed E-state index contributed by atoms with van der Waals surface area (Å²) in [5, 5.41) is 0.219. The Kier molecular flexibility index (Phi) is 3.27. The van der Waals surface area contributed by atoms with Crippen molar-refractivity contribution in [3.63, 3.8) is 0 Å². The van der Waals surface area contributed by atoms with E-state index in [9.17, 15) is 4.39 Å². The van der Waals surface area contributed by atoms with Crippen LogP contribution in [0.1, 0.15) is 18.4 Å². The first-order valence-electron chi connectivity index (χ1n) is 5.35. The molecule has 0 aliphatic heterocycles. The molecule has 1 fully saturated rings. The average molecular weight is 228 g/mol. The molecule has 1 aromatic rings. The van der Waals surface area contributed by atoms with E-state index < -0.39 is 0 Å². The van der Waals surface area contributed by atoms with Crippen molar-refractivity contribution in [2.45, 2.75) is 19.3 Å². The molecule has 0 radical (unpaired) electrons. The average Bonchev–Trinajstić information content (AvgIpc) is 2.19. The maximum absolute atomic E-state index is 13.6. The SMILES string of the molecule is NCC1CCC1Cc1cccc(Cl)c1F. The molecule has 1 nitrogen and oxygen atoms in total. The lowest BCUT2D eigenvalue weighted by molar-refractivity contribution is 0.182. The Balaban J connectivity index is 2.08. The number of hydrogen-bond acceptors (Lipinski definition) is 1. The van der Waals surface area contributed by atoms with Gasteiger partial charge in [-0.2, -0.15) is 0 Å². The number of nitrogens with two attached hydrogens (primary N) is 1. The normalized spacial score (nSPS) is 25.0. The minimum Gasteiger partial charge on any atom is -0.330 e. The third-order valence-electron chi connectivity index (χ3n) is 3.39. The molecule has 3 heteroatoms. The van der Waals surface area contributed by atoms with E-state index in [0.29, 0.717) is 18.4 Å². The van der Waals surface area contributed by atoms with Crippen molar-refractivity contribution in [1.82, 2.24) is 0 Å². The first-order valence-corrected chi connectivity index (χ1v) is 5.73. The van der Waals surface area contributed by atoms with Crippen LogP contribution in [0.5, 0.6) is 0 Å². The Morgan fingerprint density at radius 1 is 1.33 bits per heavy atom. The summed E-state index contributed by atoms with van der Waals surface area (Å²) in [4.78, 5) is 0. The lowest BCUT2D eigenvalue weighted by atomic mass is 9.71. The summed E-state index contributed by atoms with van der Waals surface area (Å²) in [6.07, 6.45) is 3.12. The lowest BCUT2D eigenvalue weighted by Crippen LogP contribution is -2.33. The highest BCUT2D eigenvalue weighted by Gasteiger charge is 2.30. The van der Waals surface area contributed by atoms with Crippen molar-refractivity contribution < 1.29 is 4.39 Å². The van der Waals surface area contributed by atoms with Crippen LogP contribution < -0.4 is 5.73 Å². The summed E-state index contributed by atoms with van der Waals surface area (Å²) < 4.78 is 13.6. The van der Waals surface area contributed by atoms with Crippen LogP contribution in [-0.4, -0.2) is 6.54 Å². The number of hydrogen-bond donors (Lipinski definition) is 1. The van der Waals surface area contributed by atoms with Crippen LogP contribution in [0.4, 0.5) is 4.39 Å². The van der Waals surface area contributed by atoms with Crippen LogP contribution in [0.3, 0.4) is 0 Å². The maximum Gasteiger partial charge on any atom is 0.144 e. The first-order chi connectivity index (χ1) is 7.22. The van der Waals surface area contributed by atoms with E-state index >= 15 is 0 Å². The van der Waals surface area contributed by atoms with Crippen molar-refractivity contribution in [2.24, 2.45) is 17.6 Å². The van der Waals surface area contributed by atoms with Crippen LogP contribution in [0.2, 0.25) is 5.02 Å². The predicted molar refractivity (Wildman–Crippen MR) is 60.4 cm³/mol. The second-order valence-corrected chi connectivity index (χ2v) is 4.66. The Bertz CT molecular complexity index is 351. The standard InChI is InChI=1S/C12H15ClFN/c13-11-3-1-2-9(12(11)14)6-8-4-5-10(8)7-15/h1-3,8,10H,4-7,15H2. The highest BCUT2D eigenvalue weighted by atomic mass is 35.5. The summed E-state index contributed by atoms with van der Waals surface area (Å²) in [6.45, 7) is 0.715. The van der Waals surface area contributed by atoms with Gasteiger partial charge in [0.25, 0.3) is 0 Å². The highest BCUT2D eigenvalue weighted by Crippen LogP contribution is 2.36. The molecule has 1 aromatic carbocycles. The molecular weight excluding hydrogens is 213 g/mol. The van der Waals surface area contributed by atoms with Crippen LogP contribution in [0, 0.1) is 17.7 Å². The predicted octanol–water partition coefficient (Wildman–Crippen LogP) is 3.01. The van der Waals surface area contributed by atoms with Crippen molar-refractivity contribution in [3.8, 4) is 0 Å². The van der Waals surface area contributed by atoms with Crippen LogP contribution in [0.25, 0.3) is 0 Å². The Labute approximate surface area is 94.4 Å². The van der Waals surface area contributed by atoms with Gasteiger partial charge in [-0.25, -0.2) is 4.39 Å². The molecule has 2 unspecified atom stereocenters. The number of rotatable bonds is 3. The molecule has 0 aromatic heterocycles. The molecule has 0 bridgehead atoms. The Morgan fingerprint density at radius 2 is 2.07 bits per heavy atom. The zero-order valence-corrected chi connectivity index (χ0v) is 9.30. The lowest BCUT2D eigenvalue weighted by Gasteiger charge is -2.36. The Morgan fingerprint density at radius 3 is 2.67 bits per heavy atom. The summed E-state index contributed by atoms with van der Waals surface area (Å²) in [5.74, 6) is 0.855. The molecule has 0 heterocycles. The van der Waals surface area contributed by atoms with Gasteiger partial charge in [0, 0.05) is 0 Å². The van der Waals surface area contributed by atoms with Gasteiger partial charge in [0.1, 0.15) is 5.82 Å². The van der Waals surface area contributed by atoms with E-state index in [4.69, 9.17) is 17.3 Å². The first kappa shape index (κ1) is 10.9. The van der Waals surface area contributed by atoms with Crippen molar-refractivity contribution in [1.29, 1.82) is 0 Å². The van der Waals surface area contributed by atoms with Gasteiger partial charge in [-0.05, 0) is 49.3 Å². The molecule has 2 rings (SSSR count). The summed E-state index contributed by atoms with van der Waals surface area (Å²) in [7, 11) is 0. The fourth-order valence-electron chi connectivity index (χ4n) is 2.21. The largest absolute Gasteiger partial charge is 0.330 e. The minimum absolute atomic E-state index is 0.219. The van der Waals surface area contributed by atoms with Crippen molar-refractivity contribution in [3.05, 3.63) is 34.6 Å².